The Labute approximate surface area is 158 Å². The number of hydrogen-bond donors (Lipinski definition) is 1. The van der Waals surface area contributed by atoms with Gasteiger partial charge in [0.25, 0.3) is 11.6 Å². The minimum atomic E-state index is -0.425. The van der Waals surface area contributed by atoms with Gasteiger partial charge in [-0.25, -0.2) is 0 Å². The maximum absolute atomic E-state index is 12.5. The molecule has 138 valence electrons. The van der Waals surface area contributed by atoms with Crippen molar-refractivity contribution in [3.63, 3.8) is 0 Å². The van der Waals surface area contributed by atoms with E-state index < -0.39 is 4.92 Å². The van der Waals surface area contributed by atoms with Crippen molar-refractivity contribution >= 4 is 29.0 Å². The minimum Gasteiger partial charge on any atom is -0.322 e. The molecule has 6 heteroatoms. The molecule has 0 aromatic heterocycles. The van der Waals surface area contributed by atoms with E-state index in [9.17, 15) is 14.9 Å². The van der Waals surface area contributed by atoms with Crippen molar-refractivity contribution in [2.75, 3.05) is 11.1 Å². The summed E-state index contributed by atoms with van der Waals surface area (Å²) in [5.74, 6) is 1.01. The fourth-order valence-corrected chi connectivity index (χ4v) is 3.73. The molecule has 26 heavy (non-hydrogen) atoms. The first-order chi connectivity index (χ1) is 12.3. The van der Waals surface area contributed by atoms with Crippen molar-refractivity contribution in [2.24, 2.45) is 5.92 Å². The lowest BCUT2D eigenvalue weighted by atomic mass is 10.1. The number of rotatable bonds is 7. The first-order valence-electron chi connectivity index (χ1n) is 8.57. The molecule has 2 rings (SSSR count). The van der Waals surface area contributed by atoms with Crippen LogP contribution in [0.2, 0.25) is 0 Å². The normalized spacial score (nSPS) is 10.8. The molecule has 0 saturated carbocycles. The molecule has 0 aliphatic heterocycles. The Balaban J connectivity index is 2.19. The van der Waals surface area contributed by atoms with Crippen molar-refractivity contribution < 1.29 is 9.72 Å². The van der Waals surface area contributed by atoms with Crippen molar-refractivity contribution in [2.45, 2.75) is 39.0 Å². The average Bonchev–Trinajstić information content (AvgIpc) is 2.57. The predicted molar refractivity (Wildman–Crippen MR) is 107 cm³/mol. The summed E-state index contributed by atoms with van der Waals surface area (Å²) in [6.07, 6.45) is 0.983. The highest BCUT2D eigenvalue weighted by Gasteiger charge is 2.18. The summed E-state index contributed by atoms with van der Waals surface area (Å²) in [5.41, 5.74) is 3.03. The number of nitrogens with one attached hydrogen (secondary N) is 1. The van der Waals surface area contributed by atoms with Gasteiger partial charge in [0, 0.05) is 17.3 Å². The molecule has 0 aliphatic carbocycles. The van der Waals surface area contributed by atoms with Crippen LogP contribution in [0.25, 0.3) is 0 Å². The maximum Gasteiger partial charge on any atom is 0.283 e. The fraction of sp³-hybridized carbons (Fsp3) is 0.350. The first kappa shape index (κ1) is 20.0. The molecule has 1 N–H and O–H groups in total. The highest BCUT2D eigenvalue weighted by molar-refractivity contribution is 7.99. The Kier molecular flexibility index (Phi) is 6.80. The van der Waals surface area contributed by atoms with Crippen LogP contribution in [-0.2, 0) is 0 Å². The van der Waals surface area contributed by atoms with Gasteiger partial charge in [0.15, 0.2) is 0 Å². The lowest BCUT2D eigenvalue weighted by Crippen LogP contribution is -2.13. The lowest BCUT2D eigenvalue weighted by molar-refractivity contribution is -0.387. The van der Waals surface area contributed by atoms with E-state index >= 15 is 0 Å². The van der Waals surface area contributed by atoms with Gasteiger partial charge in [-0.3, -0.25) is 14.9 Å². The minimum absolute atomic E-state index is 0.0213. The summed E-state index contributed by atoms with van der Waals surface area (Å²) in [4.78, 5) is 24.1. The molecule has 0 bridgehead atoms. The van der Waals surface area contributed by atoms with E-state index in [4.69, 9.17) is 0 Å². The predicted octanol–water partition coefficient (Wildman–Crippen LogP) is 5.60. The van der Waals surface area contributed by atoms with Crippen molar-refractivity contribution in [1.29, 1.82) is 0 Å². The van der Waals surface area contributed by atoms with E-state index in [1.165, 1.54) is 17.8 Å². The molecule has 0 radical (unpaired) electrons. The zero-order valence-electron chi connectivity index (χ0n) is 15.5. The molecule has 1 amide bonds. The van der Waals surface area contributed by atoms with Crippen LogP contribution in [0, 0.1) is 29.9 Å². The van der Waals surface area contributed by atoms with Crippen molar-refractivity contribution in [1.82, 2.24) is 0 Å². The molecular formula is C20H24N2O3S. The molecule has 0 heterocycles. The summed E-state index contributed by atoms with van der Waals surface area (Å²) >= 11 is 1.46. The molecule has 0 fully saturated rings. The maximum atomic E-state index is 12.5. The van der Waals surface area contributed by atoms with E-state index in [0.29, 0.717) is 16.5 Å². The zero-order chi connectivity index (χ0) is 19.3. The van der Waals surface area contributed by atoms with E-state index in [1.807, 2.05) is 32.0 Å². The Hall–Kier alpha value is -2.34. The quantitative estimate of drug-likeness (QED) is 0.390. The second-order valence-corrected chi connectivity index (χ2v) is 7.88. The first-order valence-corrected chi connectivity index (χ1v) is 9.56. The lowest BCUT2D eigenvalue weighted by Gasteiger charge is -2.10. The van der Waals surface area contributed by atoms with Gasteiger partial charge in [-0.1, -0.05) is 31.5 Å². The van der Waals surface area contributed by atoms with Gasteiger partial charge in [-0.05, 0) is 55.7 Å². The van der Waals surface area contributed by atoms with Crippen LogP contribution in [-0.4, -0.2) is 16.6 Å². The second kappa shape index (κ2) is 8.85. The summed E-state index contributed by atoms with van der Waals surface area (Å²) in [7, 11) is 0. The van der Waals surface area contributed by atoms with Gasteiger partial charge >= 0.3 is 0 Å². The Morgan fingerprint density at radius 1 is 1.19 bits per heavy atom. The number of hydrogen-bond acceptors (Lipinski definition) is 4. The van der Waals surface area contributed by atoms with Gasteiger partial charge < -0.3 is 5.32 Å². The van der Waals surface area contributed by atoms with Crippen LogP contribution in [0.4, 0.5) is 11.4 Å². The summed E-state index contributed by atoms with van der Waals surface area (Å²) in [5, 5.41) is 14.2. The Morgan fingerprint density at radius 2 is 1.92 bits per heavy atom. The van der Waals surface area contributed by atoms with Crippen LogP contribution < -0.4 is 5.32 Å². The van der Waals surface area contributed by atoms with Crippen LogP contribution in [0.3, 0.4) is 0 Å². The molecule has 0 unspecified atom stereocenters. The number of carbonyl (C=O) groups is 1. The topological polar surface area (TPSA) is 72.2 Å². The molecule has 0 aliphatic rings. The van der Waals surface area contributed by atoms with Crippen LogP contribution in [0.15, 0.2) is 41.3 Å². The van der Waals surface area contributed by atoms with Gasteiger partial charge in [-0.15, -0.1) is 11.8 Å². The standard InChI is InChI=1S/C20H24N2O3S/c1-13(2)9-10-26-19-8-6-16(12-18(19)22(24)25)20(23)21-17-7-5-14(3)11-15(17)4/h5-8,11-13H,9-10H2,1-4H3,(H,21,23). The number of amides is 1. The van der Waals surface area contributed by atoms with Crippen LogP contribution in [0.1, 0.15) is 41.8 Å². The molecule has 0 saturated heterocycles. The summed E-state index contributed by atoms with van der Waals surface area (Å²) in [6, 6.07) is 10.4. The third kappa shape index (κ3) is 5.33. The van der Waals surface area contributed by atoms with E-state index in [0.717, 1.165) is 23.3 Å². The Bertz CT molecular complexity index is 819. The highest BCUT2D eigenvalue weighted by Crippen LogP contribution is 2.31. The third-order valence-corrected chi connectivity index (χ3v) is 5.10. The molecule has 2 aromatic rings. The number of thioether (sulfide) groups is 1. The summed E-state index contributed by atoms with van der Waals surface area (Å²) < 4.78 is 0. The number of nitrogens with zero attached hydrogens (tertiary/aromatic N) is 1. The molecule has 0 atom stereocenters. The van der Waals surface area contributed by atoms with Gasteiger partial charge in [0.1, 0.15) is 0 Å². The van der Waals surface area contributed by atoms with Gasteiger partial charge in [0.2, 0.25) is 0 Å². The zero-order valence-corrected chi connectivity index (χ0v) is 16.4. The molecule has 0 spiro atoms. The molecule has 5 nitrogen and oxygen atoms in total. The highest BCUT2D eigenvalue weighted by atomic mass is 32.2. The van der Waals surface area contributed by atoms with E-state index in [-0.39, 0.29) is 17.2 Å². The Morgan fingerprint density at radius 3 is 2.54 bits per heavy atom. The number of nitro benzene ring substituents is 1. The fourth-order valence-electron chi connectivity index (χ4n) is 2.48. The number of anilines is 1. The monoisotopic (exact) mass is 372 g/mol. The van der Waals surface area contributed by atoms with Gasteiger partial charge in [-0.2, -0.15) is 0 Å². The average molecular weight is 372 g/mol. The number of nitro groups is 1. The van der Waals surface area contributed by atoms with Crippen LogP contribution in [0.5, 0.6) is 0 Å². The van der Waals surface area contributed by atoms with E-state index in [1.54, 1.807) is 12.1 Å². The number of benzene rings is 2. The SMILES string of the molecule is Cc1ccc(NC(=O)c2ccc(SCCC(C)C)c([N+](=O)[O-])c2)c(C)c1. The van der Waals surface area contributed by atoms with E-state index in [2.05, 4.69) is 19.2 Å². The smallest absolute Gasteiger partial charge is 0.283 e. The summed E-state index contributed by atoms with van der Waals surface area (Å²) in [6.45, 7) is 8.14. The third-order valence-electron chi connectivity index (χ3n) is 4.00. The number of carbonyl (C=O) groups excluding carboxylic acids is 1. The number of aryl methyl sites for hydroxylation is 2. The van der Waals surface area contributed by atoms with Crippen molar-refractivity contribution in [3.8, 4) is 0 Å². The van der Waals surface area contributed by atoms with Gasteiger partial charge in [0.05, 0.1) is 9.82 Å². The largest absolute Gasteiger partial charge is 0.322 e. The molecular weight excluding hydrogens is 348 g/mol. The van der Waals surface area contributed by atoms with Crippen molar-refractivity contribution in [3.05, 3.63) is 63.2 Å². The van der Waals surface area contributed by atoms with Crippen LogP contribution >= 0.6 is 11.8 Å². The molecule has 2 aromatic carbocycles. The second-order valence-electron chi connectivity index (χ2n) is 6.74.